The van der Waals surface area contributed by atoms with Gasteiger partial charge in [0.25, 0.3) is 0 Å². The van der Waals surface area contributed by atoms with Gasteiger partial charge in [0.2, 0.25) is 0 Å². The highest BCUT2D eigenvalue weighted by molar-refractivity contribution is 5.79. The normalized spacial score (nSPS) is 11.9. The van der Waals surface area contributed by atoms with Gasteiger partial charge in [-0.1, -0.05) is 13.8 Å². The average Bonchev–Trinajstić information content (AvgIpc) is 2.59. The van der Waals surface area contributed by atoms with Crippen molar-refractivity contribution in [1.82, 2.24) is 9.55 Å². The van der Waals surface area contributed by atoms with Crippen LogP contribution in [0.2, 0.25) is 0 Å². The molecule has 0 N–H and O–H groups in total. The van der Waals surface area contributed by atoms with Gasteiger partial charge < -0.3 is 4.57 Å². The first-order valence-corrected chi connectivity index (χ1v) is 5.56. The van der Waals surface area contributed by atoms with E-state index in [4.69, 9.17) is 0 Å². The number of rotatable bonds is 2. The summed E-state index contributed by atoms with van der Waals surface area (Å²) in [4.78, 5) is 4.50. The average molecular weight is 202 g/mol. The number of aromatic nitrogens is 2. The van der Waals surface area contributed by atoms with Crippen molar-refractivity contribution in [2.24, 2.45) is 0 Å². The van der Waals surface area contributed by atoms with Crippen molar-refractivity contribution in [3.05, 3.63) is 30.2 Å². The molecule has 0 saturated carbocycles. The van der Waals surface area contributed by atoms with E-state index in [1.807, 2.05) is 6.20 Å². The predicted octanol–water partition coefficient (Wildman–Crippen LogP) is 3.74. The Morgan fingerprint density at radius 1 is 1.20 bits per heavy atom. The second-order valence-electron chi connectivity index (χ2n) is 4.64. The highest BCUT2D eigenvalue weighted by atomic mass is 15.0. The van der Waals surface area contributed by atoms with Crippen LogP contribution >= 0.6 is 0 Å². The van der Waals surface area contributed by atoms with E-state index in [1.165, 1.54) is 16.6 Å². The lowest BCUT2D eigenvalue weighted by atomic mass is 10.1. The van der Waals surface area contributed by atoms with Gasteiger partial charge in [0.05, 0.1) is 11.7 Å². The number of nitrogens with zero attached hydrogens (tertiary/aromatic N) is 2. The first-order chi connectivity index (χ1) is 7.09. The molecule has 2 aromatic rings. The lowest BCUT2D eigenvalue weighted by Crippen LogP contribution is -1.99. The molecule has 0 unspecified atom stereocenters. The zero-order chi connectivity index (χ0) is 11.0. The van der Waals surface area contributed by atoms with Gasteiger partial charge >= 0.3 is 0 Å². The highest BCUT2D eigenvalue weighted by Crippen LogP contribution is 2.22. The van der Waals surface area contributed by atoms with Gasteiger partial charge in [0.15, 0.2) is 0 Å². The number of pyridine rings is 1. The molecule has 0 bridgehead atoms. The Morgan fingerprint density at radius 3 is 2.53 bits per heavy atom. The molecule has 0 fully saturated rings. The molecule has 0 aliphatic rings. The molecule has 2 rings (SSSR count). The molecule has 0 spiro atoms. The Labute approximate surface area is 90.9 Å². The summed E-state index contributed by atoms with van der Waals surface area (Å²) in [5.74, 6) is 0.497. The van der Waals surface area contributed by atoms with Crippen LogP contribution in [-0.4, -0.2) is 9.55 Å². The van der Waals surface area contributed by atoms with Gasteiger partial charge in [-0.3, -0.25) is 4.98 Å². The van der Waals surface area contributed by atoms with Crippen molar-refractivity contribution in [1.29, 1.82) is 0 Å². The van der Waals surface area contributed by atoms with Gasteiger partial charge in [0.1, 0.15) is 0 Å². The molecule has 0 radical (unpaired) electrons. The maximum absolute atomic E-state index is 4.50. The van der Waals surface area contributed by atoms with E-state index in [0.29, 0.717) is 12.0 Å². The van der Waals surface area contributed by atoms with Crippen LogP contribution in [0.3, 0.4) is 0 Å². The third-order valence-electron chi connectivity index (χ3n) is 2.78. The van der Waals surface area contributed by atoms with Crippen LogP contribution in [0, 0.1) is 0 Å². The zero-order valence-corrected chi connectivity index (χ0v) is 9.86. The summed E-state index contributed by atoms with van der Waals surface area (Å²) in [5, 5.41) is 1.29. The summed E-state index contributed by atoms with van der Waals surface area (Å²) in [6.45, 7) is 8.73. The Balaban J connectivity index is 2.57. The molecule has 0 amide bonds. The van der Waals surface area contributed by atoms with Crippen LogP contribution in [-0.2, 0) is 0 Å². The third-order valence-corrected chi connectivity index (χ3v) is 2.78. The maximum Gasteiger partial charge on any atom is 0.0669 e. The first-order valence-electron chi connectivity index (χ1n) is 5.56. The maximum atomic E-state index is 4.50. The van der Waals surface area contributed by atoms with Gasteiger partial charge in [-0.2, -0.15) is 0 Å². The van der Waals surface area contributed by atoms with Crippen molar-refractivity contribution in [3.8, 4) is 0 Å². The quantitative estimate of drug-likeness (QED) is 0.725. The number of hydrogen-bond acceptors (Lipinski definition) is 1. The molecule has 2 heterocycles. The minimum absolute atomic E-state index is 0.495. The van der Waals surface area contributed by atoms with E-state index in [9.17, 15) is 0 Å². The van der Waals surface area contributed by atoms with Crippen LogP contribution in [0.15, 0.2) is 24.5 Å². The fourth-order valence-electron chi connectivity index (χ4n) is 1.84. The van der Waals surface area contributed by atoms with Gasteiger partial charge in [0, 0.05) is 23.3 Å². The van der Waals surface area contributed by atoms with Gasteiger partial charge in [-0.05, 0) is 31.9 Å². The fraction of sp³-hybridized carbons (Fsp3) is 0.462. The minimum atomic E-state index is 0.495. The van der Waals surface area contributed by atoms with E-state index in [1.54, 1.807) is 0 Å². The van der Waals surface area contributed by atoms with Gasteiger partial charge in [-0.15, -0.1) is 0 Å². The third kappa shape index (κ3) is 1.76. The molecule has 0 atom stereocenters. The SMILES string of the molecule is CC(C)c1cc2ccn(C(C)C)c2cn1. The van der Waals surface area contributed by atoms with Crippen LogP contribution in [0.4, 0.5) is 0 Å². The standard InChI is InChI=1S/C13H18N2/c1-9(2)12-7-11-5-6-15(10(3)4)13(11)8-14-12/h5-10H,1-4H3. The first kappa shape index (κ1) is 10.2. The second kappa shape index (κ2) is 3.69. The van der Waals surface area contributed by atoms with Crippen LogP contribution in [0.5, 0.6) is 0 Å². The second-order valence-corrected chi connectivity index (χ2v) is 4.64. The molecule has 0 aliphatic carbocycles. The summed E-state index contributed by atoms with van der Waals surface area (Å²) in [7, 11) is 0. The highest BCUT2D eigenvalue weighted by Gasteiger charge is 2.07. The van der Waals surface area contributed by atoms with Crippen molar-refractivity contribution in [2.45, 2.75) is 39.7 Å². The molecule has 2 heteroatoms. The molecular formula is C13H18N2. The van der Waals surface area contributed by atoms with E-state index in [2.05, 4.69) is 55.6 Å². The van der Waals surface area contributed by atoms with Crippen molar-refractivity contribution < 1.29 is 0 Å². The Kier molecular flexibility index (Phi) is 2.51. The summed E-state index contributed by atoms with van der Waals surface area (Å²) in [6.07, 6.45) is 4.13. The molecule has 80 valence electrons. The Morgan fingerprint density at radius 2 is 1.93 bits per heavy atom. The van der Waals surface area contributed by atoms with E-state index in [0.717, 1.165) is 0 Å². The summed E-state index contributed by atoms with van der Waals surface area (Å²) in [5.41, 5.74) is 2.40. The van der Waals surface area contributed by atoms with Crippen LogP contribution in [0.25, 0.3) is 10.9 Å². The Bertz CT molecular complexity index is 466. The fourth-order valence-corrected chi connectivity index (χ4v) is 1.84. The Hall–Kier alpha value is -1.31. The number of fused-ring (bicyclic) bond motifs is 1. The summed E-state index contributed by atoms with van der Waals surface area (Å²) >= 11 is 0. The topological polar surface area (TPSA) is 17.8 Å². The summed E-state index contributed by atoms with van der Waals surface area (Å²) < 4.78 is 2.26. The molecular weight excluding hydrogens is 184 g/mol. The largest absolute Gasteiger partial charge is 0.344 e. The lowest BCUT2D eigenvalue weighted by molar-refractivity contribution is 0.622. The van der Waals surface area contributed by atoms with Gasteiger partial charge in [-0.25, -0.2) is 0 Å². The molecule has 2 nitrogen and oxygen atoms in total. The van der Waals surface area contributed by atoms with E-state index >= 15 is 0 Å². The van der Waals surface area contributed by atoms with Crippen molar-refractivity contribution in [2.75, 3.05) is 0 Å². The van der Waals surface area contributed by atoms with E-state index in [-0.39, 0.29) is 0 Å². The van der Waals surface area contributed by atoms with Crippen LogP contribution < -0.4 is 0 Å². The van der Waals surface area contributed by atoms with Crippen molar-refractivity contribution in [3.63, 3.8) is 0 Å². The summed E-state index contributed by atoms with van der Waals surface area (Å²) in [6, 6.07) is 4.86. The zero-order valence-electron chi connectivity index (χ0n) is 9.86. The number of hydrogen-bond donors (Lipinski definition) is 0. The lowest BCUT2D eigenvalue weighted by Gasteiger charge is -2.09. The van der Waals surface area contributed by atoms with Crippen LogP contribution in [0.1, 0.15) is 45.3 Å². The van der Waals surface area contributed by atoms with E-state index < -0.39 is 0 Å². The molecule has 15 heavy (non-hydrogen) atoms. The molecule has 0 aromatic carbocycles. The monoisotopic (exact) mass is 202 g/mol. The predicted molar refractivity (Wildman–Crippen MR) is 64.2 cm³/mol. The molecule has 2 aromatic heterocycles. The smallest absolute Gasteiger partial charge is 0.0669 e. The molecule has 0 saturated heterocycles. The minimum Gasteiger partial charge on any atom is -0.344 e. The molecule has 0 aliphatic heterocycles. The van der Waals surface area contributed by atoms with Crippen molar-refractivity contribution >= 4 is 10.9 Å².